The lowest BCUT2D eigenvalue weighted by Crippen LogP contribution is -2.29. The van der Waals surface area contributed by atoms with Gasteiger partial charge in [0.2, 0.25) is 5.91 Å². The summed E-state index contributed by atoms with van der Waals surface area (Å²) < 4.78 is 10.7. The molecule has 1 aromatic rings. The minimum Gasteiger partial charge on any atom is -0.493 e. The second-order valence-electron chi connectivity index (χ2n) is 6.46. The molecule has 0 radical (unpaired) electrons. The predicted octanol–water partition coefficient (Wildman–Crippen LogP) is 3.36. The molecular weight excluding hydrogens is 278 g/mol. The van der Waals surface area contributed by atoms with E-state index < -0.39 is 0 Å². The molecule has 0 aliphatic heterocycles. The highest BCUT2D eigenvalue weighted by molar-refractivity contribution is 5.77. The van der Waals surface area contributed by atoms with Gasteiger partial charge in [0, 0.05) is 13.0 Å². The number of benzene rings is 1. The smallest absolute Gasteiger partial charge is 0.220 e. The number of carbonyl (C=O) groups excluding carboxylic acids is 1. The molecule has 0 bridgehead atoms. The Balaban J connectivity index is 2.09. The van der Waals surface area contributed by atoms with E-state index in [1.54, 1.807) is 14.2 Å². The van der Waals surface area contributed by atoms with Crippen LogP contribution in [0.5, 0.6) is 11.5 Å². The summed E-state index contributed by atoms with van der Waals surface area (Å²) in [6.45, 7) is 4.95. The highest BCUT2D eigenvalue weighted by Crippen LogP contribution is 2.46. The normalized spacial score (nSPS) is 15.5. The van der Waals surface area contributed by atoms with Gasteiger partial charge in [-0.3, -0.25) is 4.79 Å². The van der Waals surface area contributed by atoms with Crippen molar-refractivity contribution in [2.75, 3.05) is 20.8 Å². The molecule has 4 nitrogen and oxygen atoms in total. The maximum absolute atomic E-state index is 12.2. The average molecular weight is 305 g/mol. The molecule has 1 amide bonds. The standard InChI is InChI=1S/C18H27NO3/c1-12(2)11-19-18(20)10-15(13-5-6-13)14-7-8-16(21-3)17(9-14)22-4/h7-9,12-13,15H,5-6,10-11H2,1-4H3,(H,19,20). The molecule has 1 N–H and O–H groups in total. The van der Waals surface area contributed by atoms with Gasteiger partial charge in [0.1, 0.15) is 0 Å². The molecule has 2 rings (SSSR count). The van der Waals surface area contributed by atoms with Crippen molar-refractivity contribution in [1.29, 1.82) is 0 Å². The second kappa shape index (κ2) is 7.52. The fourth-order valence-corrected chi connectivity index (χ4v) is 2.73. The van der Waals surface area contributed by atoms with Crippen molar-refractivity contribution < 1.29 is 14.3 Å². The first-order valence-corrected chi connectivity index (χ1v) is 8.03. The number of hydrogen-bond donors (Lipinski definition) is 1. The lowest BCUT2D eigenvalue weighted by atomic mass is 9.90. The van der Waals surface area contributed by atoms with Crippen LogP contribution in [0.1, 0.15) is 44.6 Å². The number of rotatable bonds is 8. The van der Waals surface area contributed by atoms with Gasteiger partial charge < -0.3 is 14.8 Å². The summed E-state index contributed by atoms with van der Waals surface area (Å²) in [5.41, 5.74) is 1.17. The molecule has 0 heterocycles. The van der Waals surface area contributed by atoms with Crippen LogP contribution in [0, 0.1) is 11.8 Å². The van der Waals surface area contributed by atoms with Crippen molar-refractivity contribution in [1.82, 2.24) is 5.32 Å². The van der Waals surface area contributed by atoms with Crippen LogP contribution in [0.3, 0.4) is 0 Å². The van der Waals surface area contributed by atoms with Gasteiger partial charge in [0.15, 0.2) is 11.5 Å². The summed E-state index contributed by atoms with van der Waals surface area (Å²) in [6, 6.07) is 5.99. The molecule has 0 spiro atoms. The van der Waals surface area contributed by atoms with Crippen LogP contribution in [-0.2, 0) is 4.79 Å². The Morgan fingerprint density at radius 2 is 1.91 bits per heavy atom. The van der Waals surface area contributed by atoms with E-state index >= 15 is 0 Å². The summed E-state index contributed by atoms with van der Waals surface area (Å²) in [5.74, 6) is 2.96. The third-order valence-electron chi connectivity index (χ3n) is 4.14. The molecule has 1 saturated carbocycles. The number of nitrogens with one attached hydrogen (secondary N) is 1. The maximum atomic E-state index is 12.2. The van der Waals surface area contributed by atoms with Crippen molar-refractivity contribution in [3.8, 4) is 11.5 Å². The van der Waals surface area contributed by atoms with E-state index in [1.807, 2.05) is 12.1 Å². The van der Waals surface area contributed by atoms with E-state index in [9.17, 15) is 4.79 Å². The molecule has 22 heavy (non-hydrogen) atoms. The van der Waals surface area contributed by atoms with E-state index in [4.69, 9.17) is 9.47 Å². The molecule has 122 valence electrons. The second-order valence-corrected chi connectivity index (χ2v) is 6.46. The van der Waals surface area contributed by atoms with Gasteiger partial charge in [-0.25, -0.2) is 0 Å². The molecule has 1 atom stereocenters. The number of amides is 1. The third-order valence-corrected chi connectivity index (χ3v) is 4.14. The topological polar surface area (TPSA) is 47.6 Å². The number of methoxy groups -OCH3 is 2. The highest BCUT2D eigenvalue weighted by atomic mass is 16.5. The molecular formula is C18H27NO3. The van der Waals surface area contributed by atoms with E-state index in [0.717, 1.165) is 18.0 Å². The zero-order valence-corrected chi connectivity index (χ0v) is 14.0. The summed E-state index contributed by atoms with van der Waals surface area (Å²) >= 11 is 0. The van der Waals surface area contributed by atoms with Gasteiger partial charge in [-0.05, 0) is 48.3 Å². The Hall–Kier alpha value is -1.71. The van der Waals surface area contributed by atoms with Gasteiger partial charge in [0.25, 0.3) is 0 Å². The van der Waals surface area contributed by atoms with Crippen molar-refractivity contribution in [2.24, 2.45) is 11.8 Å². The first-order chi connectivity index (χ1) is 10.5. The van der Waals surface area contributed by atoms with Crippen LogP contribution in [0.15, 0.2) is 18.2 Å². The van der Waals surface area contributed by atoms with Crippen molar-refractivity contribution in [3.05, 3.63) is 23.8 Å². The van der Waals surface area contributed by atoms with Crippen molar-refractivity contribution in [2.45, 2.75) is 39.0 Å². The Labute approximate surface area is 133 Å². The maximum Gasteiger partial charge on any atom is 0.220 e. The third kappa shape index (κ3) is 4.39. The minimum atomic E-state index is 0.139. The average Bonchev–Trinajstić information content (AvgIpc) is 3.34. The SMILES string of the molecule is COc1ccc(C(CC(=O)NCC(C)C)C2CC2)cc1OC. The largest absolute Gasteiger partial charge is 0.493 e. The fraction of sp³-hybridized carbons (Fsp3) is 0.611. The predicted molar refractivity (Wildman–Crippen MR) is 87.5 cm³/mol. The monoisotopic (exact) mass is 305 g/mol. The molecule has 1 fully saturated rings. The molecule has 0 saturated heterocycles. The van der Waals surface area contributed by atoms with Crippen LogP contribution in [-0.4, -0.2) is 26.7 Å². The highest BCUT2D eigenvalue weighted by Gasteiger charge is 2.34. The van der Waals surface area contributed by atoms with Gasteiger partial charge in [-0.1, -0.05) is 19.9 Å². The Bertz CT molecular complexity index is 509. The van der Waals surface area contributed by atoms with Crippen LogP contribution >= 0.6 is 0 Å². The van der Waals surface area contributed by atoms with Crippen molar-refractivity contribution in [3.63, 3.8) is 0 Å². The summed E-state index contributed by atoms with van der Waals surface area (Å²) in [7, 11) is 3.28. The summed E-state index contributed by atoms with van der Waals surface area (Å²) in [4.78, 5) is 12.2. The van der Waals surface area contributed by atoms with E-state index in [1.165, 1.54) is 18.4 Å². The molecule has 1 aliphatic carbocycles. The number of hydrogen-bond acceptors (Lipinski definition) is 3. The van der Waals surface area contributed by atoms with E-state index in [2.05, 4.69) is 25.2 Å². The fourth-order valence-electron chi connectivity index (χ4n) is 2.73. The molecule has 0 aromatic heterocycles. The molecule has 1 aliphatic rings. The van der Waals surface area contributed by atoms with Gasteiger partial charge in [-0.15, -0.1) is 0 Å². The Kier molecular flexibility index (Phi) is 5.69. The zero-order chi connectivity index (χ0) is 16.1. The molecule has 1 unspecified atom stereocenters. The molecule has 1 aromatic carbocycles. The van der Waals surface area contributed by atoms with Crippen LogP contribution in [0.2, 0.25) is 0 Å². The summed E-state index contributed by atoms with van der Waals surface area (Å²) in [6.07, 6.45) is 2.96. The Morgan fingerprint density at radius 3 is 2.45 bits per heavy atom. The van der Waals surface area contributed by atoms with E-state index in [0.29, 0.717) is 18.3 Å². The first kappa shape index (κ1) is 16.7. The Morgan fingerprint density at radius 1 is 1.23 bits per heavy atom. The first-order valence-electron chi connectivity index (χ1n) is 8.03. The van der Waals surface area contributed by atoms with Gasteiger partial charge in [-0.2, -0.15) is 0 Å². The van der Waals surface area contributed by atoms with Crippen LogP contribution in [0.25, 0.3) is 0 Å². The lowest BCUT2D eigenvalue weighted by Gasteiger charge is -2.19. The van der Waals surface area contributed by atoms with Crippen LogP contribution in [0.4, 0.5) is 0 Å². The van der Waals surface area contributed by atoms with Crippen LogP contribution < -0.4 is 14.8 Å². The zero-order valence-electron chi connectivity index (χ0n) is 14.0. The molecule has 4 heteroatoms. The summed E-state index contributed by atoms with van der Waals surface area (Å²) in [5, 5.41) is 3.02. The number of carbonyl (C=O) groups is 1. The minimum absolute atomic E-state index is 0.139. The van der Waals surface area contributed by atoms with E-state index in [-0.39, 0.29) is 11.8 Å². The van der Waals surface area contributed by atoms with Gasteiger partial charge >= 0.3 is 0 Å². The quantitative estimate of drug-likeness (QED) is 0.801. The van der Waals surface area contributed by atoms with Crippen molar-refractivity contribution >= 4 is 5.91 Å². The lowest BCUT2D eigenvalue weighted by molar-refractivity contribution is -0.121. The number of ether oxygens (including phenoxy) is 2. The van der Waals surface area contributed by atoms with Gasteiger partial charge in [0.05, 0.1) is 14.2 Å².